The minimum Gasteiger partial charge on any atom is -0.488 e. The van der Waals surface area contributed by atoms with Crippen molar-refractivity contribution in [2.45, 2.75) is 46.1 Å². The highest BCUT2D eigenvalue weighted by Crippen LogP contribution is 2.36. The summed E-state index contributed by atoms with van der Waals surface area (Å²) >= 11 is 0. The second-order valence-corrected chi connectivity index (χ2v) is 12.7. The smallest absolute Gasteiger partial charge is 0.274 e. The van der Waals surface area contributed by atoms with E-state index in [1.54, 1.807) is 17.0 Å². The van der Waals surface area contributed by atoms with Crippen LogP contribution in [0.15, 0.2) is 158 Å². The number of hydroxylamine groups is 1. The number of carbonyl (C=O) groups excluding carboxylic acids is 2. The van der Waals surface area contributed by atoms with Crippen LogP contribution >= 0.6 is 0 Å². The number of amides is 2. The fourth-order valence-electron chi connectivity index (χ4n) is 5.71. The molecule has 0 aliphatic heterocycles. The quantitative estimate of drug-likeness (QED) is 0.109. The van der Waals surface area contributed by atoms with Gasteiger partial charge in [-0.3, -0.25) is 14.4 Å². The maximum absolute atomic E-state index is 14.8. The fraction of sp³-hybridized carbons (Fsp3) is 0.156. The SMILES string of the molecule is CC(C)c1cc(C(=O)N(Cc2ccc(C(=O)NOCc3ccccc3)cc2)c2ccccc2)c(OCc2ccccc2)cc1OCc1ccccc1. The summed E-state index contributed by atoms with van der Waals surface area (Å²) < 4.78 is 12.8. The van der Waals surface area contributed by atoms with Crippen LogP contribution in [0.1, 0.15) is 68.3 Å². The molecule has 1 N–H and O–H groups in total. The summed E-state index contributed by atoms with van der Waals surface area (Å²) in [5, 5.41) is 0. The molecular formula is C45H42N2O5. The average molecular weight is 691 g/mol. The molecule has 262 valence electrons. The molecule has 0 aromatic heterocycles. The molecule has 0 unspecified atom stereocenters. The highest BCUT2D eigenvalue weighted by molar-refractivity contribution is 6.08. The van der Waals surface area contributed by atoms with Crippen LogP contribution in [0.2, 0.25) is 0 Å². The molecule has 0 heterocycles. The van der Waals surface area contributed by atoms with Crippen molar-refractivity contribution in [1.29, 1.82) is 0 Å². The first kappa shape index (κ1) is 35.6. The highest BCUT2D eigenvalue weighted by atomic mass is 16.6. The zero-order valence-corrected chi connectivity index (χ0v) is 29.4. The van der Waals surface area contributed by atoms with E-state index in [0.717, 1.165) is 33.5 Å². The molecule has 7 heteroatoms. The number of anilines is 1. The van der Waals surface area contributed by atoms with Crippen LogP contribution in [0.4, 0.5) is 5.69 Å². The molecule has 0 radical (unpaired) electrons. The second kappa shape index (κ2) is 17.7. The summed E-state index contributed by atoms with van der Waals surface area (Å²) in [6.07, 6.45) is 0. The highest BCUT2D eigenvalue weighted by Gasteiger charge is 2.25. The molecular weight excluding hydrogens is 649 g/mol. The third kappa shape index (κ3) is 9.53. The van der Waals surface area contributed by atoms with Crippen molar-refractivity contribution in [3.63, 3.8) is 0 Å². The van der Waals surface area contributed by atoms with Gasteiger partial charge < -0.3 is 14.4 Å². The predicted octanol–water partition coefficient (Wildman–Crippen LogP) is 9.68. The lowest BCUT2D eigenvalue weighted by Gasteiger charge is -2.26. The van der Waals surface area contributed by atoms with Gasteiger partial charge >= 0.3 is 0 Å². The third-order valence-corrected chi connectivity index (χ3v) is 8.56. The minimum absolute atomic E-state index is 0.0704. The molecule has 0 aliphatic rings. The molecule has 52 heavy (non-hydrogen) atoms. The van der Waals surface area contributed by atoms with Crippen LogP contribution in [0.5, 0.6) is 11.5 Å². The van der Waals surface area contributed by atoms with Gasteiger partial charge in [0.15, 0.2) is 0 Å². The summed E-state index contributed by atoms with van der Waals surface area (Å²) in [5.74, 6) is 0.605. The first-order valence-corrected chi connectivity index (χ1v) is 17.4. The van der Waals surface area contributed by atoms with Crippen molar-refractivity contribution in [1.82, 2.24) is 5.48 Å². The van der Waals surface area contributed by atoms with E-state index in [2.05, 4.69) is 19.3 Å². The molecule has 6 aromatic rings. The monoisotopic (exact) mass is 690 g/mol. The van der Waals surface area contributed by atoms with Gasteiger partial charge in [0.25, 0.3) is 11.8 Å². The number of nitrogens with zero attached hydrogens (tertiary/aromatic N) is 1. The van der Waals surface area contributed by atoms with E-state index >= 15 is 0 Å². The molecule has 0 aliphatic carbocycles. The van der Waals surface area contributed by atoms with Crippen LogP contribution in [0, 0.1) is 0 Å². The summed E-state index contributed by atoms with van der Waals surface area (Å²) in [5.41, 5.74) is 8.85. The van der Waals surface area contributed by atoms with Gasteiger partial charge in [-0.2, -0.15) is 0 Å². The Kier molecular flexibility index (Phi) is 12.1. The van der Waals surface area contributed by atoms with Crippen molar-refractivity contribution >= 4 is 17.5 Å². The summed E-state index contributed by atoms with van der Waals surface area (Å²) in [6, 6.07) is 50.0. The van der Waals surface area contributed by atoms with Crippen molar-refractivity contribution in [2.24, 2.45) is 0 Å². The summed E-state index contributed by atoms with van der Waals surface area (Å²) in [7, 11) is 0. The van der Waals surface area contributed by atoms with Crippen LogP contribution in [0.25, 0.3) is 0 Å². The van der Waals surface area contributed by atoms with Gasteiger partial charge in [0, 0.05) is 17.3 Å². The number of nitrogens with one attached hydrogen (secondary N) is 1. The second-order valence-electron chi connectivity index (χ2n) is 12.7. The van der Waals surface area contributed by atoms with Crippen molar-refractivity contribution < 1.29 is 23.9 Å². The minimum atomic E-state index is -0.352. The van der Waals surface area contributed by atoms with Crippen LogP contribution in [-0.2, 0) is 31.2 Å². The lowest BCUT2D eigenvalue weighted by molar-refractivity contribution is 0.0233. The van der Waals surface area contributed by atoms with Crippen molar-refractivity contribution in [3.8, 4) is 11.5 Å². The van der Waals surface area contributed by atoms with Gasteiger partial charge in [0.1, 0.15) is 24.7 Å². The fourth-order valence-corrected chi connectivity index (χ4v) is 5.71. The number of hydrogen-bond acceptors (Lipinski definition) is 5. The lowest BCUT2D eigenvalue weighted by Crippen LogP contribution is -2.31. The lowest BCUT2D eigenvalue weighted by atomic mass is 9.97. The van der Waals surface area contributed by atoms with E-state index < -0.39 is 0 Å². The Morgan fingerprint density at radius 1 is 0.577 bits per heavy atom. The van der Waals surface area contributed by atoms with Crippen molar-refractivity contribution in [2.75, 3.05) is 4.90 Å². The number of hydrogen-bond donors (Lipinski definition) is 1. The van der Waals surface area contributed by atoms with E-state index in [1.807, 2.05) is 146 Å². The van der Waals surface area contributed by atoms with Gasteiger partial charge in [-0.25, -0.2) is 5.48 Å². The van der Waals surface area contributed by atoms with Crippen molar-refractivity contribution in [3.05, 3.63) is 197 Å². The number of ether oxygens (including phenoxy) is 2. The molecule has 7 nitrogen and oxygen atoms in total. The molecule has 6 rings (SSSR count). The van der Waals surface area contributed by atoms with Crippen LogP contribution in [0.3, 0.4) is 0 Å². The molecule has 0 spiro atoms. The first-order chi connectivity index (χ1) is 25.4. The van der Waals surface area contributed by atoms with Gasteiger partial charge in [0.05, 0.1) is 18.7 Å². The largest absolute Gasteiger partial charge is 0.488 e. The number of para-hydroxylation sites is 1. The topological polar surface area (TPSA) is 77.1 Å². The normalized spacial score (nSPS) is 10.8. The van der Waals surface area contributed by atoms with E-state index in [-0.39, 0.29) is 37.5 Å². The Bertz CT molecular complexity index is 2040. The summed E-state index contributed by atoms with van der Waals surface area (Å²) in [6.45, 7) is 5.36. The Hall–Kier alpha value is -6.18. The van der Waals surface area contributed by atoms with Gasteiger partial charge in [0.2, 0.25) is 0 Å². The Morgan fingerprint density at radius 2 is 1.08 bits per heavy atom. The van der Waals surface area contributed by atoms with E-state index in [0.29, 0.717) is 29.2 Å². The van der Waals surface area contributed by atoms with Crippen LogP contribution in [-0.4, -0.2) is 11.8 Å². The third-order valence-electron chi connectivity index (χ3n) is 8.56. The zero-order chi connectivity index (χ0) is 36.1. The van der Waals surface area contributed by atoms with Gasteiger partial charge in [-0.05, 0) is 64.1 Å². The summed E-state index contributed by atoms with van der Waals surface area (Å²) in [4.78, 5) is 34.7. The molecule has 2 amide bonds. The standard InChI is InChI=1S/C45H42N2O5/c1-33(2)40-27-41(43(51-31-36-17-9-4-10-18-36)28-42(40)50-30-35-15-7-3-8-16-35)45(49)47(39-21-13-6-14-22-39)29-34-23-25-38(26-24-34)44(48)46-52-32-37-19-11-5-12-20-37/h3-28,33H,29-32H2,1-2H3,(H,46,48). The maximum Gasteiger partial charge on any atom is 0.274 e. The number of carbonyl (C=O) groups is 2. The number of benzene rings is 6. The van der Waals surface area contributed by atoms with Crippen LogP contribution < -0.4 is 19.9 Å². The molecule has 0 saturated carbocycles. The Balaban J connectivity index is 1.27. The maximum atomic E-state index is 14.8. The zero-order valence-electron chi connectivity index (χ0n) is 29.4. The first-order valence-electron chi connectivity index (χ1n) is 17.4. The molecule has 0 bridgehead atoms. The average Bonchev–Trinajstić information content (AvgIpc) is 3.19. The molecule has 0 atom stereocenters. The molecule has 0 saturated heterocycles. The Labute approximate surface area is 305 Å². The van der Waals surface area contributed by atoms with E-state index in [1.165, 1.54) is 0 Å². The molecule has 6 aromatic carbocycles. The van der Waals surface area contributed by atoms with E-state index in [9.17, 15) is 9.59 Å². The predicted molar refractivity (Wildman–Crippen MR) is 204 cm³/mol. The van der Waals surface area contributed by atoms with Gasteiger partial charge in [-0.1, -0.05) is 135 Å². The van der Waals surface area contributed by atoms with Gasteiger partial charge in [-0.15, -0.1) is 0 Å². The van der Waals surface area contributed by atoms with E-state index in [4.69, 9.17) is 14.3 Å². The molecule has 0 fully saturated rings. The number of rotatable bonds is 15. The Morgan fingerprint density at radius 3 is 1.62 bits per heavy atom.